The van der Waals surface area contributed by atoms with Crippen molar-refractivity contribution in [2.45, 2.75) is 57.5 Å². The number of ether oxygens (including phenoxy) is 3. The van der Waals surface area contributed by atoms with Crippen LogP contribution in [0.25, 0.3) is 16.6 Å². The number of anilines is 1. The van der Waals surface area contributed by atoms with E-state index in [-0.39, 0.29) is 46.8 Å². The standard InChI is InChI=1S/C48H54ClN7O8S/c1-31-27-54(18-19-62-31)28-32-20-41-43(56(58)59)23-39(24-44(41)63-30-32)65(60,61)52-47(57)40-9-8-37(22-45(40)64-38-21-34-11-13-50-46(34)51-26-38)55-16-14-53(15-17-55)29-35-10-12-48(2,3)25-42(35)33-4-6-36(49)7-5-33/h4-9,11,13,21-24,26,31-32H,10,12,14-20,25,27-30H2,1-3H3,(H,50,51)(H,52,57)/t31-,32+/m0/s1. The van der Waals surface area contributed by atoms with Gasteiger partial charge in [-0.05, 0) is 85.6 Å². The van der Waals surface area contributed by atoms with E-state index in [1.165, 1.54) is 29.0 Å². The fourth-order valence-electron chi connectivity index (χ4n) is 9.57. The van der Waals surface area contributed by atoms with Crippen LogP contribution in [0.2, 0.25) is 5.02 Å². The van der Waals surface area contributed by atoms with Crippen LogP contribution in [0.5, 0.6) is 17.2 Å². The van der Waals surface area contributed by atoms with Gasteiger partial charge in [0, 0.05) is 98.8 Å². The van der Waals surface area contributed by atoms with Crippen LogP contribution in [0.15, 0.2) is 89.6 Å². The molecule has 2 saturated heterocycles. The highest BCUT2D eigenvalue weighted by Crippen LogP contribution is 2.44. The Labute approximate surface area is 383 Å². The van der Waals surface area contributed by atoms with Gasteiger partial charge in [-0.25, -0.2) is 18.1 Å². The molecule has 65 heavy (non-hydrogen) atoms. The van der Waals surface area contributed by atoms with E-state index in [0.717, 1.165) is 87.2 Å². The van der Waals surface area contributed by atoms with Crippen LogP contribution >= 0.6 is 11.6 Å². The number of fused-ring (bicyclic) bond motifs is 2. The molecule has 2 aromatic heterocycles. The highest BCUT2D eigenvalue weighted by atomic mass is 35.5. The Hall–Kier alpha value is -5.52. The van der Waals surface area contributed by atoms with Crippen molar-refractivity contribution in [3.05, 3.63) is 117 Å². The number of amides is 1. The second-order valence-corrected chi connectivity index (χ2v) is 20.6. The van der Waals surface area contributed by atoms with Crippen molar-refractivity contribution in [2.24, 2.45) is 11.3 Å². The maximum absolute atomic E-state index is 14.1. The van der Waals surface area contributed by atoms with Gasteiger partial charge in [-0.3, -0.25) is 24.7 Å². The number of halogens is 1. The minimum atomic E-state index is -4.63. The zero-order chi connectivity index (χ0) is 45.5. The van der Waals surface area contributed by atoms with E-state index >= 15 is 0 Å². The average molecular weight is 925 g/mol. The van der Waals surface area contributed by atoms with Crippen LogP contribution in [-0.4, -0.2) is 111 Å². The molecule has 4 aliphatic rings. The molecule has 0 radical (unpaired) electrons. The third-order valence-corrected chi connectivity index (χ3v) is 14.6. The molecule has 1 aliphatic carbocycles. The number of hydrogen-bond acceptors (Lipinski definition) is 12. The van der Waals surface area contributed by atoms with Crippen molar-refractivity contribution in [2.75, 3.05) is 70.5 Å². The zero-order valence-corrected chi connectivity index (χ0v) is 38.4. The Bertz CT molecular complexity index is 2750. The second-order valence-electron chi connectivity index (χ2n) is 18.5. The summed E-state index contributed by atoms with van der Waals surface area (Å²) < 4.78 is 48.1. The number of aromatic amines is 1. The molecule has 0 spiro atoms. The number of nitrogens with zero attached hydrogens (tertiary/aromatic N) is 5. The number of benzene rings is 3. The summed E-state index contributed by atoms with van der Waals surface area (Å²) in [5.74, 6) is -0.416. The van der Waals surface area contributed by atoms with Crippen LogP contribution in [0.1, 0.15) is 61.5 Å². The van der Waals surface area contributed by atoms with Crippen LogP contribution in [0.4, 0.5) is 11.4 Å². The van der Waals surface area contributed by atoms with Crippen LogP contribution in [0, 0.1) is 21.4 Å². The van der Waals surface area contributed by atoms with E-state index in [1.807, 2.05) is 25.1 Å². The SMILES string of the molecule is C[C@H]1CN(C[C@@H]2COc3cc(S(=O)(=O)NC(=O)c4ccc(N5CCN(CC6=C(c7ccc(Cl)cc7)CC(C)(C)CC6)CC5)cc4Oc4cnc5[nH]ccc5c4)cc([N+](=O)[O-])c3C2)CCO1. The number of pyridine rings is 1. The predicted octanol–water partition coefficient (Wildman–Crippen LogP) is 8.09. The molecule has 0 unspecified atom stereocenters. The lowest BCUT2D eigenvalue weighted by atomic mass is 9.72. The quantitative estimate of drug-likeness (QED) is 0.0912. The molecule has 3 aromatic carbocycles. The van der Waals surface area contributed by atoms with Gasteiger partial charge in [-0.2, -0.15) is 0 Å². The van der Waals surface area contributed by atoms with E-state index in [9.17, 15) is 23.3 Å². The fraction of sp³-hybridized carbons (Fsp3) is 0.417. The normalized spacial score (nSPS) is 20.6. The van der Waals surface area contributed by atoms with Crippen molar-refractivity contribution in [3.8, 4) is 17.2 Å². The molecular formula is C48H54ClN7O8S. The highest BCUT2D eigenvalue weighted by Gasteiger charge is 2.34. The number of nitro benzene ring substituents is 1. The monoisotopic (exact) mass is 923 g/mol. The Morgan fingerprint density at radius 2 is 1.85 bits per heavy atom. The number of aromatic nitrogens is 2. The maximum atomic E-state index is 14.1. The number of sulfonamides is 1. The summed E-state index contributed by atoms with van der Waals surface area (Å²) in [7, 11) is -4.63. The van der Waals surface area contributed by atoms with Gasteiger partial charge in [0.15, 0.2) is 0 Å². The molecule has 2 fully saturated rings. The third-order valence-electron chi connectivity index (χ3n) is 13.0. The molecule has 342 valence electrons. The first-order valence-electron chi connectivity index (χ1n) is 22.2. The van der Waals surface area contributed by atoms with E-state index in [2.05, 4.69) is 55.4 Å². The lowest BCUT2D eigenvalue weighted by molar-refractivity contribution is -0.386. The van der Waals surface area contributed by atoms with Crippen molar-refractivity contribution in [3.63, 3.8) is 0 Å². The Balaban J connectivity index is 0.935. The van der Waals surface area contributed by atoms with E-state index in [0.29, 0.717) is 36.5 Å². The van der Waals surface area contributed by atoms with Gasteiger partial charge in [0.05, 0.1) is 46.5 Å². The molecule has 5 heterocycles. The number of piperazine rings is 1. The summed E-state index contributed by atoms with van der Waals surface area (Å²) in [6, 6.07) is 19.1. The topological polar surface area (TPSA) is 172 Å². The molecule has 5 aromatic rings. The van der Waals surface area contributed by atoms with Crippen molar-refractivity contribution < 1.29 is 32.3 Å². The van der Waals surface area contributed by atoms with Gasteiger partial charge in [0.25, 0.3) is 21.6 Å². The maximum Gasteiger partial charge on any atom is 0.277 e. The zero-order valence-electron chi connectivity index (χ0n) is 36.8. The summed E-state index contributed by atoms with van der Waals surface area (Å²) in [6.45, 7) is 13.7. The summed E-state index contributed by atoms with van der Waals surface area (Å²) in [4.78, 5) is 39.9. The number of hydrogen-bond donors (Lipinski definition) is 2. The fourth-order valence-corrected chi connectivity index (χ4v) is 10.7. The number of morpholine rings is 1. The van der Waals surface area contributed by atoms with E-state index in [1.54, 1.807) is 30.5 Å². The molecule has 15 nitrogen and oxygen atoms in total. The first-order valence-corrected chi connectivity index (χ1v) is 24.1. The second kappa shape index (κ2) is 18.4. The molecule has 0 bridgehead atoms. The smallest absolute Gasteiger partial charge is 0.277 e. The summed E-state index contributed by atoms with van der Waals surface area (Å²) >= 11 is 6.25. The van der Waals surface area contributed by atoms with E-state index < -0.39 is 25.7 Å². The Morgan fingerprint density at radius 3 is 2.62 bits per heavy atom. The molecule has 9 rings (SSSR count). The van der Waals surface area contributed by atoms with Crippen LogP contribution < -0.4 is 19.1 Å². The minimum Gasteiger partial charge on any atom is -0.493 e. The number of rotatable bonds is 12. The molecular weight excluding hydrogens is 870 g/mol. The largest absolute Gasteiger partial charge is 0.493 e. The highest BCUT2D eigenvalue weighted by molar-refractivity contribution is 7.90. The first-order chi connectivity index (χ1) is 31.2. The molecule has 1 amide bonds. The van der Waals surface area contributed by atoms with Crippen LogP contribution in [0.3, 0.4) is 0 Å². The van der Waals surface area contributed by atoms with Crippen molar-refractivity contribution in [1.82, 2.24) is 24.5 Å². The van der Waals surface area contributed by atoms with Gasteiger partial charge in [0.2, 0.25) is 0 Å². The number of H-pyrrole nitrogens is 1. The first kappa shape index (κ1) is 44.7. The molecule has 2 atom stereocenters. The van der Waals surface area contributed by atoms with Gasteiger partial charge in [-0.15, -0.1) is 0 Å². The Kier molecular flexibility index (Phi) is 12.6. The molecule has 2 N–H and O–H groups in total. The third kappa shape index (κ3) is 10.2. The number of nitro groups is 1. The molecule has 3 aliphatic heterocycles. The number of carbonyl (C=O) groups is 1. The lowest BCUT2D eigenvalue weighted by Gasteiger charge is -2.39. The lowest BCUT2D eigenvalue weighted by Crippen LogP contribution is -2.47. The van der Waals surface area contributed by atoms with Gasteiger partial charge >= 0.3 is 0 Å². The Morgan fingerprint density at radius 1 is 1.05 bits per heavy atom. The summed E-state index contributed by atoms with van der Waals surface area (Å²) in [5, 5.41) is 13.9. The average Bonchev–Trinajstić information content (AvgIpc) is 3.75. The predicted molar refractivity (Wildman–Crippen MR) is 250 cm³/mol. The number of allylic oxidation sites excluding steroid dienone is 1. The van der Waals surface area contributed by atoms with E-state index in [4.69, 9.17) is 25.8 Å². The van der Waals surface area contributed by atoms with Gasteiger partial charge < -0.3 is 24.1 Å². The van der Waals surface area contributed by atoms with Gasteiger partial charge in [-0.1, -0.05) is 43.2 Å². The van der Waals surface area contributed by atoms with Crippen molar-refractivity contribution >= 4 is 55.5 Å². The summed E-state index contributed by atoms with van der Waals surface area (Å²) in [5.41, 5.74) is 5.70. The van der Waals surface area contributed by atoms with Crippen LogP contribution in [-0.2, 0) is 21.2 Å². The molecule has 0 saturated carbocycles. The minimum absolute atomic E-state index is 0.0342. The van der Waals surface area contributed by atoms with Gasteiger partial charge in [0.1, 0.15) is 22.9 Å². The number of carbonyl (C=O) groups excluding carboxylic acids is 1. The summed E-state index contributed by atoms with van der Waals surface area (Å²) in [6.07, 6.45) is 6.91. The van der Waals surface area contributed by atoms with Crippen molar-refractivity contribution in [1.29, 1.82) is 0 Å². The number of nitrogens with one attached hydrogen (secondary N) is 2. The molecule has 17 heteroatoms.